The van der Waals surface area contributed by atoms with Crippen LogP contribution in [-0.2, 0) is 20.9 Å². The lowest BCUT2D eigenvalue weighted by Gasteiger charge is -2.29. The Balaban J connectivity index is 1.74. The highest BCUT2D eigenvalue weighted by molar-refractivity contribution is 5.99. The van der Waals surface area contributed by atoms with Gasteiger partial charge in [0, 0.05) is 12.1 Å². The van der Waals surface area contributed by atoms with Gasteiger partial charge in [0.25, 0.3) is 11.8 Å². The molecule has 0 saturated carbocycles. The number of likely N-dealkylation sites (tertiary alicyclic amines) is 1. The predicted octanol–water partition coefficient (Wildman–Crippen LogP) is 2.21. The van der Waals surface area contributed by atoms with Gasteiger partial charge in [0.2, 0.25) is 6.04 Å². The van der Waals surface area contributed by atoms with Gasteiger partial charge in [-0.05, 0) is 51.8 Å². The van der Waals surface area contributed by atoms with E-state index >= 15 is 0 Å². The van der Waals surface area contributed by atoms with Gasteiger partial charge in [0.05, 0.1) is 22.8 Å². The zero-order valence-corrected chi connectivity index (χ0v) is 19.7. The number of carbonyl (C=O) groups is 3. The van der Waals surface area contributed by atoms with Crippen molar-refractivity contribution in [1.82, 2.24) is 20.2 Å². The molecule has 10 nitrogen and oxygen atoms in total. The number of ether oxygens (including phenoxy) is 1. The molecule has 1 aromatic carbocycles. The van der Waals surface area contributed by atoms with Crippen molar-refractivity contribution >= 4 is 17.8 Å². The van der Waals surface area contributed by atoms with Crippen LogP contribution in [0.1, 0.15) is 46.0 Å². The Morgan fingerprint density at radius 3 is 2.42 bits per heavy atom. The zero-order valence-electron chi connectivity index (χ0n) is 19.7. The summed E-state index contributed by atoms with van der Waals surface area (Å²) in [5.41, 5.74) is 1.85. The van der Waals surface area contributed by atoms with E-state index in [0.29, 0.717) is 22.8 Å². The molecule has 0 spiro atoms. The molecule has 2 heterocycles. The van der Waals surface area contributed by atoms with Gasteiger partial charge in [-0.1, -0.05) is 0 Å². The highest BCUT2D eigenvalue weighted by Gasteiger charge is 2.50. The number of phenolic OH excluding ortho intramolecular Hbond substituents is 2. The number of aromatic nitrogens is 2. The monoisotopic (exact) mass is 510 g/mol. The molecular weight excluding hydrogens is 485 g/mol. The molecule has 2 amide bonds. The first-order valence-corrected chi connectivity index (χ1v) is 11.0. The third kappa shape index (κ3) is 5.83. The first-order chi connectivity index (χ1) is 16.8. The number of aryl methyl sites for hydroxylation is 3. The van der Waals surface area contributed by atoms with E-state index in [-0.39, 0.29) is 26.0 Å². The molecule has 13 heteroatoms. The molecule has 3 rings (SSSR count). The lowest BCUT2D eigenvalue weighted by atomic mass is 10.1. The highest BCUT2D eigenvalue weighted by Crippen LogP contribution is 2.28. The Morgan fingerprint density at radius 2 is 1.78 bits per heavy atom. The summed E-state index contributed by atoms with van der Waals surface area (Å²) >= 11 is 0. The summed E-state index contributed by atoms with van der Waals surface area (Å²) in [6.45, 7) is 4.78. The van der Waals surface area contributed by atoms with Gasteiger partial charge in [-0.2, -0.15) is 13.2 Å². The SMILES string of the molecule is Cc1nc(C)c(COC(=O)C2CCCN2C(=O)C(NC(=O)c2ccc(O)c(O)c2)C(F)(F)F)nc1C. The van der Waals surface area contributed by atoms with E-state index in [0.717, 1.165) is 23.1 Å². The quantitative estimate of drug-likeness (QED) is 0.397. The summed E-state index contributed by atoms with van der Waals surface area (Å²) in [5, 5.41) is 20.5. The van der Waals surface area contributed by atoms with Crippen LogP contribution in [0.25, 0.3) is 0 Å². The molecular formula is C23H25F3N4O6. The van der Waals surface area contributed by atoms with Crippen molar-refractivity contribution in [2.75, 3.05) is 6.54 Å². The molecule has 194 valence electrons. The van der Waals surface area contributed by atoms with E-state index in [9.17, 15) is 37.8 Å². The average Bonchev–Trinajstić information content (AvgIpc) is 3.29. The molecule has 1 saturated heterocycles. The van der Waals surface area contributed by atoms with Crippen LogP contribution in [0.3, 0.4) is 0 Å². The highest BCUT2D eigenvalue weighted by atomic mass is 19.4. The van der Waals surface area contributed by atoms with Crippen molar-refractivity contribution in [1.29, 1.82) is 0 Å². The van der Waals surface area contributed by atoms with Crippen LogP contribution < -0.4 is 5.32 Å². The minimum absolute atomic E-state index is 0.0898. The van der Waals surface area contributed by atoms with Crippen LogP contribution in [-0.4, -0.2) is 67.7 Å². The van der Waals surface area contributed by atoms with Crippen LogP contribution in [0.15, 0.2) is 18.2 Å². The van der Waals surface area contributed by atoms with Crippen LogP contribution in [0.5, 0.6) is 11.5 Å². The predicted molar refractivity (Wildman–Crippen MR) is 118 cm³/mol. The Kier molecular flexibility index (Phi) is 7.70. The van der Waals surface area contributed by atoms with E-state index in [1.54, 1.807) is 26.1 Å². The summed E-state index contributed by atoms with van der Waals surface area (Å²) in [6.07, 6.45) is -4.82. The Labute approximate surface area is 204 Å². The topological polar surface area (TPSA) is 142 Å². The number of benzene rings is 1. The van der Waals surface area contributed by atoms with Crippen molar-refractivity contribution in [3.63, 3.8) is 0 Å². The molecule has 0 bridgehead atoms. The van der Waals surface area contributed by atoms with Crippen molar-refractivity contribution in [3.05, 3.63) is 46.5 Å². The van der Waals surface area contributed by atoms with E-state index in [1.165, 1.54) is 0 Å². The minimum Gasteiger partial charge on any atom is -0.504 e. The number of nitrogens with zero attached hydrogens (tertiary/aromatic N) is 3. The van der Waals surface area contributed by atoms with Crippen LogP contribution in [0.2, 0.25) is 0 Å². The third-order valence-corrected chi connectivity index (χ3v) is 5.83. The van der Waals surface area contributed by atoms with Gasteiger partial charge in [-0.3, -0.25) is 19.6 Å². The number of nitrogens with one attached hydrogen (secondary N) is 1. The Hall–Kier alpha value is -3.90. The first kappa shape index (κ1) is 26.7. The van der Waals surface area contributed by atoms with Crippen molar-refractivity contribution in [2.45, 2.75) is 58.5 Å². The zero-order chi connectivity index (χ0) is 26.8. The molecule has 1 fully saturated rings. The second-order valence-electron chi connectivity index (χ2n) is 8.38. The fraction of sp³-hybridized carbons (Fsp3) is 0.435. The molecule has 1 aliphatic rings. The second kappa shape index (κ2) is 10.4. The van der Waals surface area contributed by atoms with Gasteiger partial charge in [-0.25, -0.2) is 4.79 Å². The average molecular weight is 510 g/mol. The number of alkyl halides is 3. The normalized spacial score (nSPS) is 16.5. The summed E-state index contributed by atoms with van der Waals surface area (Å²) in [5.74, 6) is -5.00. The molecule has 2 unspecified atom stereocenters. The lowest BCUT2D eigenvalue weighted by Crippen LogP contribution is -2.57. The molecule has 1 aromatic heterocycles. The number of phenols is 2. The van der Waals surface area contributed by atoms with E-state index in [2.05, 4.69) is 9.97 Å². The van der Waals surface area contributed by atoms with E-state index in [4.69, 9.17) is 4.74 Å². The maximum absolute atomic E-state index is 13.8. The molecule has 2 atom stereocenters. The first-order valence-electron chi connectivity index (χ1n) is 11.0. The van der Waals surface area contributed by atoms with Gasteiger partial charge in [0.15, 0.2) is 11.5 Å². The van der Waals surface area contributed by atoms with Gasteiger partial charge in [0.1, 0.15) is 12.6 Å². The maximum atomic E-state index is 13.8. The third-order valence-electron chi connectivity index (χ3n) is 5.83. The second-order valence-corrected chi connectivity index (χ2v) is 8.38. The fourth-order valence-electron chi connectivity index (χ4n) is 3.74. The van der Waals surface area contributed by atoms with Gasteiger partial charge < -0.3 is 25.2 Å². The number of esters is 1. The summed E-state index contributed by atoms with van der Waals surface area (Å²) in [4.78, 5) is 47.3. The summed E-state index contributed by atoms with van der Waals surface area (Å²) in [7, 11) is 0. The summed E-state index contributed by atoms with van der Waals surface area (Å²) in [6, 6.07) is -1.55. The number of carbonyl (C=O) groups excluding carboxylic acids is 3. The molecule has 1 aliphatic heterocycles. The van der Waals surface area contributed by atoms with Crippen molar-refractivity contribution in [2.24, 2.45) is 0 Å². The number of hydrogen-bond donors (Lipinski definition) is 3. The minimum atomic E-state index is -5.17. The van der Waals surface area contributed by atoms with Crippen LogP contribution in [0, 0.1) is 20.8 Å². The van der Waals surface area contributed by atoms with E-state index < -0.39 is 53.1 Å². The molecule has 2 aromatic rings. The van der Waals surface area contributed by atoms with Crippen molar-refractivity contribution in [3.8, 4) is 11.5 Å². The summed E-state index contributed by atoms with van der Waals surface area (Å²) < 4.78 is 46.6. The standard InChI is InChI=1S/C23H25F3N4O6/c1-11-12(2)28-15(13(3)27-11)10-36-22(35)16-5-4-8-30(16)21(34)19(23(24,25)26)29-20(33)14-6-7-17(31)18(32)9-14/h6-7,9,16,19,31-32H,4-5,8,10H2,1-3H3,(H,29,33). The smallest absolute Gasteiger partial charge is 0.417 e. The Morgan fingerprint density at radius 1 is 1.11 bits per heavy atom. The molecule has 0 aliphatic carbocycles. The molecule has 0 radical (unpaired) electrons. The van der Waals surface area contributed by atoms with Gasteiger partial charge >= 0.3 is 12.1 Å². The van der Waals surface area contributed by atoms with E-state index in [1.807, 2.05) is 0 Å². The maximum Gasteiger partial charge on any atom is 0.417 e. The molecule has 36 heavy (non-hydrogen) atoms. The lowest BCUT2D eigenvalue weighted by molar-refractivity contribution is -0.177. The van der Waals surface area contributed by atoms with Gasteiger partial charge in [-0.15, -0.1) is 0 Å². The van der Waals surface area contributed by atoms with Crippen LogP contribution in [0.4, 0.5) is 13.2 Å². The number of amides is 2. The van der Waals surface area contributed by atoms with Crippen molar-refractivity contribution < 1.29 is 42.5 Å². The number of hydrogen-bond acceptors (Lipinski definition) is 8. The number of aromatic hydroxyl groups is 2. The molecule has 3 N–H and O–H groups in total. The largest absolute Gasteiger partial charge is 0.504 e. The van der Waals surface area contributed by atoms with Crippen LogP contribution >= 0.6 is 0 Å². The fourth-order valence-corrected chi connectivity index (χ4v) is 3.74. The number of halogens is 3. The Bertz CT molecular complexity index is 1190. The number of rotatable bonds is 6.